The zero-order valence-corrected chi connectivity index (χ0v) is 73.0. The van der Waals surface area contributed by atoms with E-state index in [9.17, 15) is 193 Å². The summed E-state index contributed by atoms with van der Waals surface area (Å²) in [6.07, 6.45) is -75.9. The molecule has 52 heteroatoms. The van der Waals surface area contributed by atoms with Gasteiger partial charge in [0.2, 0.25) is 6.10 Å². The van der Waals surface area contributed by atoms with E-state index in [-0.39, 0.29) is 58.9 Å². The van der Waals surface area contributed by atoms with Gasteiger partial charge in [0.05, 0.1) is 7.11 Å². The van der Waals surface area contributed by atoms with E-state index in [0.29, 0.717) is 49.2 Å². The molecular weight excluding hydrogens is 1910 g/mol. The lowest BCUT2D eigenvalue weighted by Gasteiger charge is -2.47. The topological polar surface area (TPSA) is 259 Å². The molecule has 4 bridgehead atoms. The van der Waals surface area contributed by atoms with Crippen molar-refractivity contribution in [2.75, 3.05) is 7.11 Å². The molecule has 0 saturated heterocycles. The normalized spacial score (nSPS) is 22.2. The Balaban J connectivity index is 0.00000157. The van der Waals surface area contributed by atoms with Gasteiger partial charge in [-0.3, -0.25) is 0 Å². The van der Waals surface area contributed by atoms with Crippen LogP contribution in [0.4, 0.5) is 154 Å². The SMILES string of the molecule is C=C(C)C(=O)OC.C=C(C)C(=O)OC(C)CC(O)(C(F)(F)F)C(F)(F)F.C=C(C)C(=O)OC(C1CCC(C(O)(C(F)(F)F)C(F)(F)F)CC1)(C(F)(F)F)C(F)(F)F.C=C(C)C(=O)OC(C1CCCCC1)C(F)(F)C(O)C(F)(F)F.C=C(C)C(=O)OC(CC(C)C)C(O)(C(F)(F)F)C(F)(F)F.C=C(C)C(=O)OC1(CC)CC2CCC1C2.OC(CC1CC2CCC1C2)(C(F)(F)F)C(F)(F)F. The summed E-state index contributed by atoms with van der Waals surface area (Å²) >= 11 is 0. The minimum absolute atomic E-state index is 0.0915. The molecule has 10 atom stereocenters. The van der Waals surface area contributed by atoms with E-state index in [1.807, 2.05) is 0 Å². The Morgan fingerprint density at radius 1 is 0.414 bits per heavy atom. The van der Waals surface area contributed by atoms with Crippen molar-refractivity contribution >= 4 is 35.8 Å². The lowest BCUT2D eigenvalue weighted by atomic mass is 9.67. The summed E-state index contributed by atoms with van der Waals surface area (Å²) < 4.78 is 477. The number of hydrogen-bond donors (Lipinski definition) is 5. The summed E-state index contributed by atoms with van der Waals surface area (Å²) in [6, 6.07) is 0. The molecule has 10 unspecified atom stereocenters. The highest BCUT2D eigenvalue weighted by Gasteiger charge is 2.81. The molecule has 0 aromatic carbocycles. The van der Waals surface area contributed by atoms with Crippen LogP contribution in [0.15, 0.2) is 72.9 Å². The number of esters is 6. The van der Waals surface area contributed by atoms with Crippen LogP contribution < -0.4 is 0 Å². The molecule has 0 aromatic rings. The molecule has 0 spiro atoms. The molecule has 776 valence electrons. The number of rotatable bonds is 24. The van der Waals surface area contributed by atoms with Crippen molar-refractivity contribution in [1.29, 1.82) is 0 Å². The number of alkyl halides is 35. The van der Waals surface area contributed by atoms with Gasteiger partial charge in [-0.25, -0.2) is 28.8 Å². The maximum absolute atomic E-state index is 14.1. The van der Waals surface area contributed by atoms with Crippen LogP contribution in [-0.4, -0.2) is 200 Å². The Bertz CT molecular complexity index is 3830. The number of aliphatic hydroxyl groups excluding tert-OH is 1. The molecule has 0 radical (unpaired) electrons. The van der Waals surface area contributed by atoms with E-state index < -0.39 is 230 Å². The smallest absolute Gasteiger partial charge is 0.437 e. The average molecular weight is 2020 g/mol. The maximum Gasteiger partial charge on any atom is 0.437 e. The fraction of sp³-hybridized carbons (Fsp3) is 0.778. The Morgan fingerprint density at radius 2 is 0.797 bits per heavy atom. The van der Waals surface area contributed by atoms with Gasteiger partial charge in [0.15, 0.2) is 6.10 Å². The van der Waals surface area contributed by atoms with Gasteiger partial charge in [0.25, 0.3) is 22.4 Å². The molecule has 0 heterocycles. The fourth-order valence-electron chi connectivity index (χ4n) is 15.6. The first-order valence-electron chi connectivity index (χ1n) is 40.0. The Hall–Kier alpha value is -7.39. The standard InChI is InChI=1S/C16H16F12O3.C14H19F5O3.C13H20O2.C12H16F6O3.C11H14F6O.C10H12F6O3.C5H8O2/c1-7(2)10(29)31-12(15(23,24)25,16(26,27)28)9-5-3-8(4-6-9)11(30,13(17,18)19)14(20,21)22;1-8(2)11(20)22-10(9-6-4-3-5-7-9)13(15,16)12(21)14(17,18)19;1-4-13(15-12(14)9(2)3)8-10-5-6-11(13)7-10;1-6(2)5-8(21-9(19)7(3)4)10(20,11(13,14)15)12(16,17)18;12-10(13,14)9(18,11(15,16)17)5-8-4-6-1-2-7(8)3-6;1-5(2)7(17)19-6(3)4-8(18,9(11,12)13)10(14,15)16;1-4(2)5(6)7-3/h8-9,30H,1,3-6H2,2H3;9-10,12,21H,1,3-7H2,2H3;10-11H,2,4-8H2,1,3H3;6,8,20H,3,5H2,1-2,4H3;6-8,18H,1-5H2;6,18H,1,4H2,2-3H3;1H2,2-3H3. The Labute approximate surface area is 739 Å². The zero-order valence-electron chi connectivity index (χ0n) is 73.0. The molecule has 6 aliphatic rings. The second-order valence-electron chi connectivity index (χ2n) is 33.9. The lowest BCUT2D eigenvalue weighted by molar-refractivity contribution is -0.398. The number of fused-ring (bicyclic) bond motifs is 4. The third-order valence-electron chi connectivity index (χ3n) is 22.8. The predicted octanol–water partition coefficient (Wildman–Crippen LogP) is 22.8. The van der Waals surface area contributed by atoms with Crippen molar-refractivity contribution < 1.29 is 236 Å². The number of halogens is 35. The molecule has 133 heavy (non-hydrogen) atoms. The van der Waals surface area contributed by atoms with Gasteiger partial charge in [0, 0.05) is 57.6 Å². The van der Waals surface area contributed by atoms with Crippen molar-refractivity contribution in [1.82, 2.24) is 0 Å². The van der Waals surface area contributed by atoms with Gasteiger partial charge in [0.1, 0.15) is 17.8 Å². The van der Waals surface area contributed by atoms with Crippen LogP contribution in [0, 0.1) is 53.3 Å². The molecule has 0 aliphatic heterocycles. The van der Waals surface area contributed by atoms with Gasteiger partial charge in [-0.15, -0.1) is 0 Å². The average Bonchev–Trinajstić information content (AvgIpc) is 1.70. The summed E-state index contributed by atoms with van der Waals surface area (Å²) in [4.78, 5) is 67.1. The molecule has 6 saturated carbocycles. The monoisotopic (exact) mass is 2010 g/mol. The largest absolute Gasteiger partial charge is 0.466 e. The van der Waals surface area contributed by atoms with Gasteiger partial charge < -0.3 is 54.0 Å². The van der Waals surface area contributed by atoms with Crippen LogP contribution in [0.2, 0.25) is 0 Å². The highest BCUT2D eigenvalue weighted by atomic mass is 19.5. The highest BCUT2D eigenvalue weighted by molar-refractivity contribution is 5.89. The van der Waals surface area contributed by atoms with Crippen molar-refractivity contribution in [3.05, 3.63) is 72.9 Å². The van der Waals surface area contributed by atoms with Crippen LogP contribution >= 0.6 is 0 Å². The molecule has 6 fully saturated rings. The number of aliphatic hydroxyl groups is 5. The number of hydrogen-bond acceptors (Lipinski definition) is 17. The lowest BCUT2D eigenvalue weighted by Crippen LogP contribution is -2.66. The van der Waals surface area contributed by atoms with E-state index in [0.717, 1.165) is 52.4 Å². The number of carbonyl (C=O) groups is 6. The molecular formula is C81H105F35O17. The minimum atomic E-state index is -6.31. The van der Waals surface area contributed by atoms with E-state index in [1.54, 1.807) is 13.8 Å². The van der Waals surface area contributed by atoms with Gasteiger partial charge in [-0.2, -0.15) is 154 Å². The quantitative estimate of drug-likeness (QED) is 0.0260. The van der Waals surface area contributed by atoms with Gasteiger partial charge in [-0.05, 0) is 187 Å². The molecule has 6 rings (SSSR count). The van der Waals surface area contributed by atoms with E-state index >= 15 is 0 Å². The summed E-state index contributed by atoms with van der Waals surface area (Å²) in [5.41, 5.74) is -26.0. The van der Waals surface area contributed by atoms with Crippen LogP contribution in [0.1, 0.15) is 204 Å². The molecule has 17 nitrogen and oxygen atoms in total. The molecule has 0 amide bonds. The van der Waals surface area contributed by atoms with Crippen LogP contribution in [-0.2, 0) is 57.2 Å². The molecule has 0 aromatic heterocycles. The molecule has 6 aliphatic carbocycles. The van der Waals surface area contributed by atoms with Crippen LogP contribution in [0.25, 0.3) is 0 Å². The Kier molecular flexibility index (Phi) is 43.8. The summed E-state index contributed by atoms with van der Waals surface area (Å²) in [5, 5.41) is 45.6. The van der Waals surface area contributed by atoms with Crippen LogP contribution in [0.5, 0.6) is 0 Å². The summed E-state index contributed by atoms with van der Waals surface area (Å²) in [5.74, 6) is -17.3. The number of carbonyl (C=O) groups excluding carboxylic acids is 6. The van der Waals surface area contributed by atoms with Gasteiger partial charge in [-0.1, -0.05) is 85.9 Å². The summed E-state index contributed by atoms with van der Waals surface area (Å²) in [6.45, 7) is 32.4. The van der Waals surface area contributed by atoms with E-state index in [2.05, 4.69) is 70.1 Å². The number of methoxy groups -OCH3 is 1. The Morgan fingerprint density at radius 3 is 1.09 bits per heavy atom. The first-order valence-corrected chi connectivity index (χ1v) is 40.0. The maximum atomic E-state index is 14.1. The highest BCUT2D eigenvalue weighted by Crippen LogP contribution is 2.61. The predicted molar refractivity (Wildman–Crippen MR) is 397 cm³/mol. The van der Waals surface area contributed by atoms with E-state index in [4.69, 9.17) is 20.1 Å². The summed E-state index contributed by atoms with van der Waals surface area (Å²) in [7, 11) is 1.33. The van der Waals surface area contributed by atoms with Crippen molar-refractivity contribution in [3.63, 3.8) is 0 Å². The second kappa shape index (κ2) is 46.4. The first-order chi connectivity index (χ1) is 59.2. The van der Waals surface area contributed by atoms with Crippen molar-refractivity contribution in [2.24, 2.45) is 53.3 Å². The third kappa shape index (κ3) is 31.8. The first kappa shape index (κ1) is 126. The number of ether oxygens (including phenoxy) is 6. The van der Waals surface area contributed by atoms with E-state index in [1.165, 1.54) is 54.1 Å². The second-order valence-corrected chi connectivity index (χ2v) is 33.9. The zero-order chi connectivity index (χ0) is 106. The van der Waals surface area contributed by atoms with Crippen molar-refractivity contribution in [2.45, 2.75) is 336 Å². The van der Waals surface area contributed by atoms with Crippen molar-refractivity contribution in [3.8, 4) is 0 Å². The minimum Gasteiger partial charge on any atom is -0.466 e. The fourth-order valence-corrected chi connectivity index (χ4v) is 15.6. The van der Waals surface area contributed by atoms with Crippen LogP contribution in [0.3, 0.4) is 0 Å². The molecule has 5 N–H and O–H groups in total. The van der Waals surface area contributed by atoms with Gasteiger partial charge >= 0.3 is 115 Å². The third-order valence-corrected chi connectivity index (χ3v) is 22.8.